The van der Waals surface area contributed by atoms with E-state index in [0.717, 1.165) is 30.0 Å². The molecule has 3 heteroatoms. The van der Waals surface area contributed by atoms with E-state index in [1.54, 1.807) is 7.11 Å². The number of aryl methyl sites for hydroxylation is 1. The number of carbonyl (C=O) groups excluding carboxylic acids is 1. The quantitative estimate of drug-likeness (QED) is 0.780. The number of piperidine rings is 1. The Hall–Kier alpha value is -1.35. The van der Waals surface area contributed by atoms with Crippen LogP contribution in [0.25, 0.3) is 0 Å². The van der Waals surface area contributed by atoms with Gasteiger partial charge in [0.1, 0.15) is 5.75 Å². The third-order valence-corrected chi connectivity index (χ3v) is 3.85. The molecule has 1 saturated heterocycles. The molecule has 0 bridgehead atoms. The van der Waals surface area contributed by atoms with Crippen LogP contribution < -0.4 is 4.74 Å². The summed E-state index contributed by atoms with van der Waals surface area (Å²) in [6.07, 6.45) is 2.48. The number of ether oxygens (including phenoxy) is 1. The summed E-state index contributed by atoms with van der Waals surface area (Å²) in [6.45, 7) is 6.84. The van der Waals surface area contributed by atoms with Gasteiger partial charge in [0.2, 0.25) is 0 Å². The maximum Gasteiger partial charge on any atom is 0.177 e. The molecule has 1 aliphatic rings. The van der Waals surface area contributed by atoms with Crippen molar-refractivity contribution < 1.29 is 9.53 Å². The first-order valence-corrected chi connectivity index (χ1v) is 7.00. The van der Waals surface area contributed by atoms with Crippen molar-refractivity contribution in [3.8, 4) is 5.75 Å². The Labute approximate surface area is 115 Å². The molecule has 2 rings (SSSR count). The van der Waals surface area contributed by atoms with Gasteiger partial charge in [-0.15, -0.1) is 0 Å². The molecule has 0 aliphatic carbocycles. The molecule has 3 nitrogen and oxygen atoms in total. The molecular weight excluding hydrogens is 238 g/mol. The summed E-state index contributed by atoms with van der Waals surface area (Å²) < 4.78 is 5.20. The molecule has 0 amide bonds. The summed E-state index contributed by atoms with van der Waals surface area (Å²) in [5.41, 5.74) is 1.81. The lowest BCUT2D eigenvalue weighted by atomic mass is 9.98. The molecule has 1 heterocycles. The molecule has 1 fully saturated rings. The maximum atomic E-state index is 12.4. The topological polar surface area (TPSA) is 29.5 Å². The van der Waals surface area contributed by atoms with Gasteiger partial charge in [0, 0.05) is 12.1 Å². The summed E-state index contributed by atoms with van der Waals surface area (Å²) in [6, 6.07) is 5.70. The minimum absolute atomic E-state index is 0.200. The molecule has 1 unspecified atom stereocenters. The van der Waals surface area contributed by atoms with Gasteiger partial charge in [-0.3, -0.25) is 9.69 Å². The number of methoxy groups -OCH3 is 1. The fourth-order valence-corrected chi connectivity index (χ4v) is 2.75. The molecule has 0 aromatic heterocycles. The Kier molecular flexibility index (Phi) is 4.59. The number of hydrogen-bond acceptors (Lipinski definition) is 3. The van der Waals surface area contributed by atoms with Crippen molar-refractivity contribution >= 4 is 5.78 Å². The van der Waals surface area contributed by atoms with E-state index in [1.807, 2.05) is 25.1 Å². The second kappa shape index (κ2) is 6.20. The van der Waals surface area contributed by atoms with Gasteiger partial charge in [-0.05, 0) is 49.9 Å². The van der Waals surface area contributed by atoms with Crippen molar-refractivity contribution in [1.82, 2.24) is 4.90 Å². The Morgan fingerprint density at radius 2 is 2.26 bits per heavy atom. The van der Waals surface area contributed by atoms with Crippen molar-refractivity contribution in [3.63, 3.8) is 0 Å². The summed E-state index contributed by atoms with van der Waals surface area (Å²) in [5, 5.41) is 0. The van der Waals surface area contributed by atoms with E-state index in [9.17, 15) is 4.79 Å². The van der Waals surface area contributed by atoms with Gasteiger partial charge >= 0.3 is 0 Å². The van der Waals surface area contributed by atoms with E-state index in [2.05, 4.69) is 11.8 Å². The molecule has 1 atom stereocenters. The van der Waals surface area contributed by atoms with Crippen LogP contribution >= 0.6 is 0 Å². The number of likely N-dealkylation sites (tertiary alicyclic amines) is 1. The van der Waals surface area contributed by atoms with Crippen molar-refractivity contribution in [2.45, 2.75) is 26.7 Å². The highest BCUT2D eigenvalue weighted by Gasteiger charge is 2.20. The van der Waals surface area contributed by atoms with Gasteiger partial charge in [0.25, 0.3) is 0 Å². The fraction of sp³-hybridized carbons (Fsp3) is 0.562. The number of Topliss-reactive ketones (excluding diaryl/α,β-unsaturated/α-hetero) is 1. The predicted octanol–water partition coefficient (Wildman–Crippen LogP) is 2.92. The van der Waals surface area contributed by atoms with Gasteiger partial charge < -0.3 is 4.74 Å². The van der Waals surface area contributed by atoms with Gasteiger partial charge in [-0.2, -0.15) is 0 Å². The lowest BCUT2D eigenvalue weighted by molar-refractivity contribution is 0.0892. The smallest absolute Gasteiger partial charge is 0.177 e. The normalized spacial score (nSPS) is 20.3. The highest BCUT2D eigenvalue weighted by molar-refractivity contribution is 5.99. The van der Waals surface area contributed by atoms with Crippen LogP contribution in [0.4, 0.5) is 0 Å². The van der Waals surface area contributed by atoms with E-state index < -0.39 is 0 Å². The van der Waals surface area contributed by atoms with Gasteiger partial charge in [-0.25, -0.2) is 0 Å². The Morgan fingerprint density at radius 1 is 1.47 bits per heavy atom. The number of benzene rings is 1. The van der Waals surface area contributed by atoms with Gasteiger partial charge in [-0.1, -0.05) is 13.0 Å². The summed E-state index contributed by atoms with van der Waals surface area (Å²) in [5.74, 6) is 1.65. The number of rotatable bonds is 4. The van der Waals surface area contributed by atoms with E-state index >= 15 is 0 Å². The standard InChI is InChI=1S/C16H23NO2/c1-12-5-4-8-17(10-12)11-16(18)15-9-14(19-3)7-6-13(15)2/h6-7,9,12H,4-5,8,10-11H2,1-3H3. The van der Waals surface area contributed by atoms with Crippen LogP contribution in [-0.2, 0) is 0 Å². The van der Waals surface area contributed by atoms with E-state index in [4.69, 9.17) is 4.74 Å². The SMILES string of the molecule is COc1ccc(C)c(C(=O)CN2CCCC(C)C2)c1. The first-order valence-electron chi connectivity index (χ1n) is 7.00. The van der Waals surface area contributed by atoms with Crippen molar-refractivity contribution in [1.29, 1.82) is 0 Å². The van der Waals surface area contributed by atoms with Crippen LogP contribution in [0, 0.1) is 12.8 Å². The number of carbonyl (C=O) groups is 1. The third kappa shape index (κ3) is 3.57. The summed E-state index contributed by atoms with van der Waals surface area (Å²) in [7, 11) is 1.63. The minimum Gasteiger partial charge on any atom is -0.497 e. The van der Waals surface area contributed by atoms with Crippen LogP contribution in [0.5, 0.6) is 5.75 Å². The van der Waals surface area contributed by atoms with Crippen LogP contribution in [0.3, 0.4) is 0 Å². The van der Waals surface area contributed by atoms with Gasteiger partial charge in [0.15, 0.2) is 5.78 Å². The molecular formula is C16H23NO2. The highest BCUT2D eigenvalue weighted by Crippen LogP contribution is 2.20. The molecule has 0 spiro atoms. The lowest BCUT2D eigenvalue weighted by Crippen LogP contribution is -2.38. The zero-order valence-corrected chi connectivity index (χ0v) is 12.1. The fourth-order valence-electron chi connectivity index (χ4n) is 2.75. The van der Waals surface area contributed by atoms with E-state index in [0.29, 0.717) is 12.5 Å². The lowest BCUT2D eigenvalue weighted by Gasteiger charge is -2.30. The Bertz CT molecular complexity index is 456. The molecule has 0 N–H and O–H groups in total. The third-order valence-electron chi connectivity index (χ3n) is 3.85. The van der Waals surface area contributed by atoms with Crippen molar-refractivity contribution in [3.05, 3.63) is 29.3 Å². The maximum absolute atomic E-state index is 12.4. The molecule has 0 radical (unpaired) electrons. The molecule has 1 aromatic rings. The van der Waals surface area contributed by atoms with Crippen LogP contribution in [0.2, 0.25) is 0 Å². The molecule has 1 aromatic carbocycles. The highest BCUT2D eigenvalue weighted by atomic mass is 16.5. The molecule has 0 saturated carbocycles. The summed E-state index contributed by atoms with van der Waals surface area (Å²) in [4.78, 5) is 14.7. The molecule has 1 aliphatic heterocycles. The second-order valence-electron chi connectivity index (χ2n) is 5.59. The zero-order valence-electron chi connectivity index (χ0n) is 12.1. The van der Waals surface area contributed by atoms with Gasteiger partial charge in [0.05, 0.1) is 13.7 Å². The largest absolute Gasteiger partial charge is 0.497 e. The Morgan fingerprint density at radius 3 is 2.95 bits per heavy atom. The number of ketones is 1. The average molecular weight is 261 g/mol. The van der Waals surface area contributed by atoms with E-state index in [1.165, 1.54) is 12.8 Å². The minimum atomic E-state index is 0.200. The monoisotopic (exact) mass is 261 g/mol. The zero-order chi connectivity index (χ0) is 13.8. The second-order valence-corrected chi connectivity index (χ2v) is 5.59. The number of nitrogens with zero attached hydrogens (tertiary/aromatic N) is 1. The van der Waals surface area contributed by atoms with Crippen LogP contribution in [-0.4, -0.2) is 37.4 Å². The van der Waals surface area contributed by atoms with Crippen molar-refractivity contribution in [2.75, 3.05) is 26.7 Å². The molecule has 104 valence electrons. The van der Waals surface area contributed by atoms with Crippen molar-refractivity contribution in [2.24, 2.45) is 5.92 Å². The van der Waals surface area contributed by atoms with E-state index in [-0.39, 0.29) is 5.78 Å². The predicted molar refractivity (Wildman–Crippen MR) is 76.9 cm³/mol. The first kappa shape index (κ1) is 14.1. The average Bonchev–Trinajstić information content (AvgIpc) is 2.39. The van der Waals surface area contributed by atoms with Crippen LogP contribution in [0.15, 0.2) is 18.2 Å². The summed E-state index contributed by atoms with van der Waals surface area (Å²) >= 11 is 0. The van der Waals surface area contributed by atoms with Crippen LogP contribution in [0.1, 0.15) is 35.7 Å². The Balaban J connectivity index is 2.06. The first-order chi connectivity index (χ1) is 9.10. The number of hydrogen-bond donors (Lipinski definition) is 0. The molecule has 19 heavy (non-hydrogen) atoms.